The minimum absolute atomic E-state index is 0.193. The predicted octanol–water partition coefficient (Wildman–Crippen LogP) is 1.73. The zero-order chi connectivity index (χ0) is 14.5. The average molecular weight is 289 g/mol. The Morgan fingerprint density at radius 2 is 2.05 bits per heavy atom. The van der Waals surface area contributed by atoms with E-state index in [1.807, 2.05) is 18.4 Å². The molecule has 0 radical (unpaired) electrons. The molecule has 1 amide bonds. The molecular weight excluding hydrogens is 274 g/mol. The summed E-state index contributed by atoms with van der Waals surface area (Å²) in [6, 6.07) is 8.74. The molecule has 0 aliphatic carbocycles. The van der Waals surface area contributed by atoms with Gasteiger partial charge in [0.15, 0.2) is 0 Å². The van der Waals surface area contributed by atoms with Gasteiger partial charge < -0.3 is 10.3 Å². The van der Waals surface area contributed by atoms with Gasteiger partial charge in [-0.2, -0.15) is 0 Å². The molecular formula is C14H15N3O2S. The Hall–Kier alpha value is -2.08. The van der Waals surface area contributed by atoms with Crippen LogP contribution in [0, 0.1) is 6.92 Å². The van der Waals surface area contributed by atoms with Gasteiger partial charge in [-0.15, -0.1) is 11.8 Å². The average Bonchev–Trinajstić information content (AvgIpc) is 2.44. The van der Waals surface area contributed by atoms with Crippen molar-refractivity contribution in [3.63, 3.8) is 0 Å². The molecule has 0 spiro atoms. The second-order valence-corrected chi connectivity index (χ2v) is 5.12. The summed E-state index contributed by atoms with van der Waals surface area (Å²) in [5.41, 5.74) is 0.992. The summed E-state index contributed by atoms with van der Waals surface area (Å²) in [5, 5.41) is 2.73. The van der Waals surface area contributed by atoms with Crippen LogP contribution in [-0.2, 0) is 6.54 Å². The lowest BCUT2D eigenvalue weighted by atomic mass is 10.2. The number of carbonyl (C=O) groups excluding carboxylic acids is 1. The zero-order valence-corrected chi connectivity index (χ0v) is 12.1. The van der Waals surface area contributed by atoms with Crippen LogP contribution in [0.4, 0.5) is 0 Å². The first-order chi connectivity index (χ1) is 9.58. The first kappa shape index (κ1) is 14.3. The molecule has 0 saturated heterocycles. The van der Waals surface area contributed by atoms with E-state index in [1.165, 1.54) is 6.07 Å². The van der Waals surface area contributed by atoms with Crippen LogP contribution in [0.25, 0.3) is 0 Å². The Morgan fingerprint density at radius 1 is 1.35 bits per heavy atom. The number of nitrogens with one attached hydrogen (secondary N) is 2. The standard InChI is InChI=1S/C14H15N3O2S/c1-9-7-13(18)17-12(16-9)8-15-14(19)10-3-5-11(20-2)6-4-10/h3-7H,8H2,1-2H3,(H,15,19)(H,16,17,18). The lowest BCUT2D eigenvalue weighted by molar-refractivity contribution is 0.0949. The normalized spacial score (nSPS) is 10.3. The van der Waals surface area contributed by atoms with E-state index in [4.69, 9.17) is 0 Å². The summed E-state index contributed by atoms with van der Waals surface area (Å²) in [5.74, 6) is 0.255. The van der Waals surface area contributed by atoms with Crippen molar-refractivity contribution >= 4 is 17.7 Å². The highest BCUT2D eigenvalue weighted by molar-refractivity contribution is 7.98. The van der Waals surface area contributed by atoms with Crippen molar-refractivity contribution in [2.45, 2.75) is 18.4 Å². The number of nitrogens with zero attached hydrogens (tertiary/aromatic N) is 1. The summed E-state index contributed by atoms with van der Waals surface area (Å²) in [6.45, 7) is 1.93. The molecule has 1 heterocycles. The van der Waals surface area contributed by atoms with Crippen LogP contribution in [0.3, 0.4) is 0 Å². The predicted molar refractivity (Wildman–Crippen MR) is 79.0 cm³/mol. The van der Waals surface area contributed by atoms with Crippen molar-refractivity contribution in [2.24, 2.45) is 0 Å². The van der Waals surface area contributed by atoms with Gasteiger partial charge in [0.25, 0.3) is 11.5 Å². The minimum atomic E-state index is -0.217. The number of amides is 1. The highest BCUT2D eigenvalue weighted by Gasteiger charge is 2.06. The maximum absolute atomic E-state index is 11.9. The first-order valence-corrected chi connectivity index (χ1v) is 7.30. The van der Waals surface area contributed by atoms with Crippen LogP contribution >= 0.6 is 11.8 Å². The first-order valence-electron chi connectivity index (χ1n) is 6.07. The molecule has 104 valence electrons. The number of carbonyl (C=O) groups is 1. The number of hydrogen-bond donors (Lipinski definition) is 2. The van der Waals surface area contributed by atoms with Crippen LogP contribution < -0.4 is 10.9 Å². The Kier molecular flexibility index (Phi) is 4.57. The van der Waals surface area contributed by atoms with E-state index >= 15 is 0 Å². The molecule has 2 rings (SSSR count). The number of hydrogen-bond acceptors (Lipinski definition) is 4. The molecule has 0 aliphatic heterocycles. The van der Waals surface area contributed by atoms with Gasteiger partial charge in [-0.1, -0.05) is 0 Å². The maximum atomic E-state index is 11.9. The summed E-state index contributed by atoms with van der Waals surface area (Å²) in [6.07, 6.45) is 1.98. The number of benzene rings is 1. The molecule has 2 aromatic rings. The molecule has 0 atom stereocenters. The molecule has 0 aliphatic rings. The van der Waals surface area contributed by atoms with Gasteiger partial charge in [-0.3, -0.25) is 9.59 Å². The van der Waals surface area contributed by atoms with E-state index in [2.05, 4.69) is 15.3 Å². The smallest absolute Gasteiger partial charge is 0.251 e. The molecule has 0 saturated carbocycles. The molecule has 0 fully saturated rings. The third kappa shape index (κ3) is 3.71. The van der Waals surface area contributed by atoms with Gasteiger partial charge in [0, 0.05) is 22.2 Å². The van der Waals surface area contributed by atoms with E-state index in [-0.39, 0.29) is 18.0 Å². The van der Waals surface area contributed by atoms with E-state index < -0.39 is 0 Å². The molecule has 0 bridgehead atoms. The maximum Gasteiger partial charge on any atom is 0.251 e. The van der Waals surface area contributed by atoms with Gasteiger partial charge in [-0.05, 0) is 37.4 Å². The second kappa shape index (κ2) is 6.38. The summed E-state index contributed by atoms with van der Waals surface area (Å²) in [7, 11) is 0. The van der Waals surface area contributed by atoms with Gasteiger partial charge in [0.05, 0.1) is 6.54 Å². The molecule has 0 unspecified atom stereocenters. The number of aryl methyl sites for hydroxylation is 1. The molecule has 1 aromatic heterocycles. The van der Waals surface area contributed by atoms with E-state index in [0.717, 1.165) is 4.90 Å². The number of H-pyrrole nitrogens is 1. The van der Waals surface area contributed by atoms with Gasteiger partial charge in [0.1, 0.15) is 5.82 Å². The van der Waals surface area contributed by atoms with Crippen molar-refractivity contribution < 1.29 is 4.79 Å². The second-order valence-electron chi connectivity index (χ2n) is 4.24. The molecule has 6 heteroatoms. The number of thioether (sulfide) groups is 1. The fourth-order valence-corrected chi connectivity index (χ4v) is 2.14. The van der Waals surface area contributed by atoms with E-state index in [1.54, 1.807) is 30.8 Å². The topological polar surface area (TPSA) is 74.8 Å². The number of aromatic nitrogens is 2. The SMILES string of the molecule is CSc1ccc(C(=O)NCc2nc(C)cc(=O)[nH]2)cc1. The van der Waals surface area contributed by atoms with E-state index in [9.17, 15) is 9.59 Å². The lowest BCUT2D eigenvalue weighted by Crippen LogP contribution is -2.25. The molecule has 5 nitrogen and oxygen atoms in total. The Balaban J connectivity index is 2.02. The third-order valence-corrected chi connectivity index (χ3v) is 3.43. The highest BCUT2D eigenvalue weighted by atomic mass is 32.2. The zero-order valence-electron chi connectivity index (χ0n) is 11.3. The van der Waals surface area contributed by atoms with Crippen molar-refractivity contribution in [2.75, 3.05) is 6.26 Å². The highest BCUT2D eigenvalue weighted by Crippen LogP contribution is 2.14. The van der Waals surface area contributed by atoms with Crippen molar-refractivity contribution in [1.82, 2.24) is 15.3 Å². The summed E-state index contributed by atoms with van der Waals surface area (Å²) in [4.78, 5) is 31.1. The van der Waals surface area contributed by atoms with Crippen LogP contribution in [0.2, 0.25) is 0 Å². The van der Waals surface area contributed by atoms with Crippen molar-refractivity contribution in [3.8, 4) is 0 Å². The minimum Gasteiger partial charge on any atom is -0.345 e. The third-order valence-electron chi connectivity index (χ3n) is 2.69. The fraction of sp³-hybridized carbons (Fsp3) is 0.214. The Morgan fingerprint density at radius 3 is 2.65 bits per heavy atom. The van der Waals surface area contributed by atoms with Crippen LogP contribution in [0.5, 0.6) is 0 Å². The van der Waals surface area contributed by atoms with E-state index in [0.29, 0.717) is 17.1 Å². The molecule has 1 aromatic carbocycles. The monoisotopic (exact) mass is 289 g/mol. The number of rotatable bonds is 4. The van der Waals surface area contributed by atoms with Gasteiger partial charge in [-0.25, -0.2) is 4.98 Å². The Bertz CT molecular complexity index is 665. The number of aromatic amines is 1. The Labute approximate surface area is 120 Å². The fourth-order valence-electron chi connectivity index (χ4n) is 1.73. The summed E-state index contributed by atoms with van der Waals surface area (Å²) < 4.78 is 0. The molecule has 2 N–H and O–H groups in total. The van der Waals surface area contributed by atoms with Crippen LogP contribution in [0.15, 0.2) is 40.0 Å². The van der Waals surface area contributed by atoms with Crippen molar-refractivity contribution in [3.05, 3.63) is 57.8 Å². The molecule has 20 heavy (non-hydrogen) atoms. The van der Waals surface area contributed by atoms with Crippen molar-refractivity contribution in [1.29, 1.82) is 0 Å². The lowest BCUT2D eigenvalue weighted by Gasteiger charge is -2.06. The van der Waals surface area contributed by atoms with Crippen LogP contribution in [0.1, 0.15) is 21.9 Å². The van der Waals surface area contributed by atoms with Gasteiger partial charge in [0.2, 0.25) is 0 Å². The summed E-state index contributed by atoms with van der Waals surface area (Å²) >= 11 is 1.62. The quantitative estimate of drug-likeness (QED) is 0.841. The van der Waals surface area contributed by atoms with Crippen LogP contribution in [-0.4, -0.2) is 22.1 Å². The van der Waals surface area contributed by atoms with Gasteiger partial charge >= 0.3 is 0 Å². The largest absolute Gasteiger partial charge is 0.345 e.